The fourth-order valence-electron chi connectivity index (χ4n) is 1.81. The Bertz CT molecular complexity index is 618. The third kappa shape index (κ3) is 3.91. The van der Waals surface area contributed by atoms with Gasteiger partial charge in [-0.05, 0) is 41.8 Å². The van der Waals surface area contributed by atoms with E-state index in [1.165, 1.54) is 6.07 Å². The maximum absolute atomic E-state index is 12.5. The van der Waals surface area contributed by atoms with Crippen LogP contribution in [-0.2, 0) is 6.18 Å². The zero-order valence-corrected chi connectivity index (χ0v) is 12.3. The fourth-order valence-corrected chi connectivity index (χ4v) is 2.03. The van der Waals surface area contributed by atoms with Crippen LogP contribution in [0, 0.1) is 0 Å². The van der Waals surface area contributed by atoms with Gasteiger partial charge in [0.25, 0.3) is 0 Å². The molecule has 0 bridgehead atoms. The number of benzene rings is 2. The Kier molecular flexibility index (Phi) is 4.47. The van der Waals surface area contributed by atoms with E-state index < -0.39 is 11.7 Å². The lowest BCUT2D eigenvalue weighted by atomic mass is 10.0. The van der Waals surface area contributed by atoms with Crippen molar-refractivity contribution in [2.45, 2.75) is 25.9 Å². The van der Waals surface area contributed by atoms with Crippen LogP contribution in [0.1, 0.15) is 30.9 Å². The monoisotopic (exact) mass is 314 g/mol. The first-order chi connectivity index (χ1) is 9.77. The summed E-state index contributed by atoms with van der Waals surface area (Å²) in [4.78, 5) is 0. The molecule has 2 aromatic carbocycles. The SMILES string of the molecule is CC(C)c1ccc(Oc2ccc(C(F)(F)F)cc2Cl)cc1. The van der Waals surface area contributed by atoms with Crippen LogP contribution in [0.3, 0.4) is 0 Å². The molecule has 1 nitrogen and oxygen atoms in total. The third-order valence-electron chi connectivity index (χ3n) is 3.03. The molecule has 112 valence electrons. The Hall–Kier alpha value is -1.68. The zero-order chi connectivity index (χ0) is 15.6. The summed E-state index contributed by atoms with van der Waals surface area (Å²) in [5, 5.41) is -0.0715. The fraction of sp³-hybridized carbons (Fsp3) is 0.250. The summed E-state index contributed by atoms with van der Waals surface area (Å²) in [6.07, 6.45) is -4.42. The molecule has 0 radical (unpaired) electrons. The van der Waals surface area contributed by atoms with Gasteiger partial charge in [0.2, 0.25) is 0 Å². The van der Waals surface area contributed by atoms with Crippen molar-refractivity contribution in [3.8, 4) is 11.5 Å². The van der Waals surface area contributed by atoms with Crippen molar-refractivity contribution in [1.82, 2.24) is 0 Å². The molecule has 0 aliphatic carbocycles. The lowest BCUT2D eigenvalue weighted by molar-refractivity contribution is -0.137. The van der Waals surface area contributed by atoms with Gasteiger partial charge in [0.1, 0.15) is 11.5 Å². The van der Waals surface area contributed by atoms with Crippen molar-refractivity contribution in [2.24, 2.45) is 0 Å². The third-order valence-corrected chi connectivity index (χ3v) is 3.33. The highest BCUT2D eigenvalue weighted by molar-refractivity contribution is 6.32. The van der Waals surface area contributed by atoms with Crippen LogP contribution < -0.4 is 4.74 Å². The van der Waals surface area contributed by atoms with Gasteiger partial charge in [-0.2, -0.15) is 13.2 Å². The van der Waals surface area contributed by atoms with Crippen molar-refractivity contribution in [3.63, 3.8) is 0 Å². The summed E-state index contributed by atoms with van der Waals surface area (Å²) in [5.41, 5.74) is 0.357. The molecule has 0 atom stereocenters. The maximum atomic E-state index is 12.5. The molecule has 0 aliphatic heterocycles. The van der Waals surface area contributed by atoms with Crippen molar-refractivity contribution in [2.75, 3.05) is 0 Å². The largest absolute Gasteiger partial charge is 0.456 e. The Morgan fingerprint density at radius 2 is 1.62 bits per heavy atom. The van der Waals surface area contributed by atoms with Gasteiger partial charge in [0.15, 0.2) is 0 Å². The summed E-state index contributed by atoms with van der Waals surface area (Å²) in [7, 11) is 0. The summed E-state index contributed by atoms with van der Waals surface area (Å²) in [6.45, 7) is 4.14. The number of alkyl halides is 3. The van der Waals surface area contributed by atoms with Gasteiger partial charge < -0.3 is 4.74 Å². The second-order valence-corrected chi connectivity index (χ2v) is 5.38. The topological polar surface area (TPSA) is 9.23 Å². The molecule has 2 aromatic rings. The zero-order valence-electron chi connectivity index (χ0n) is 11.5. The molecule has 0 aliphatic rings. The molecule has 0 amide bonds. The maximum Gasteiger partial charge on any atom is 0.416 e. The van der Waals surface area contributed by atoms with E-state index >= 15 is 0 Å². The van der Waals surface area contributed by atoms with Crippen LogP contribution in [0.2, 0.25) is 5.02 Å². The molecule has 0 N–H and O–H groups in total. The van der Waals surface area contributed by atoms with E-state index in [1.807, 2.05) is 12.1 Å². The van der Waals surface area contributed by atoms with Crippen LogP contribution >= 0.6 is 11.6 Å². The highest BCUT2D eigenvalue weighted by atomic mass is 35.5. The van der Waals surface area contributed by atoms with E-state index in [0.717, 1.165) is 17.7 Å². The smallest absolute Gasteiger partial charge is 0.416 e. The Labute approximate surface area is 126 Å². The van der Waals surface area contributed by atoms with Crippen molar-refractivity contribution in [3.05, 3.63) is 58.6 Å². The van der Waals surface area contributed by atoms with Gasteiger partial charge in [0, 0.05) is 0 Å². The Balaban J connectivity index is 2.20. The minimum Gasteiger partial charge on any atom is -0.456 e. The number of halogens is 4. The van der Waals surface area contributed by atoms with E-state index in [4.69, 9.17) is 16.3 Å². The van der Waals surface area contributed by atoms with Crippen LogP contribution in [0.5, 0.6) is 11.5 Å². The molecular weight excluding hydrogens is 301 g/mol. The molecule has 2 rings (SSSR count). The first kappa shape index (κ1) is 15.7. The van der Waals surface area contributed by atoms with E-state index in [-0.39, 0.29) is 10.8 Å². The van der Waals surface area contributed by atoms with E-state index in [0.29, 0.717) is 11.7 Å². The molecule has 0 saturated heterocycles. The minimum absolute atomic E-state index is 0.0715. The molecule has 0 aromatic heterocycles. The average molecular weight is 315 g/mol. The highest BCUT2D eigenvalue weighted by Gasteiger charge is 2.31. The van der Waals surface area contributed by atoms with E-state index in [2.05, 4.69) is 13.8 Å². The molecule has 5 heteroatoms. The molecule has 0 unspecified atom stereocenters. The molecule has 0 heterocycles. The second kappa shape index (κ2) is 5.98. The van der Waals surface area contributed by atoms with Crippen LogP contribution in [0.15, 0.2) is 42.5 Å². The first-order valence-electron chi connectivity index (χ1n) is 6.42. The van der Waals surface area contributed by atoms with Crippen LogP contribution in [0.4, 0.5) is 13.2 Å². The number of rotatable bonds is 3. The first-order valence-corrected chi connectivity index (χ1v) is 6.79. The van der Waals surface area contributed by atoms with Gasteiger partial charge in [-0.1, -0.05) is 37.6 Å². The molecule has 0 spiro atoms. The standard InChI is InChI=1S/C16H14ClF3O/c1-10(2)11-3-6-13(7-4-11)21-15-8-5-12(9-14(15)17)16(18,19)20/h3-10H,1-2H3. The Morgan fingerprint density at radius 3 is 2.10 bits per heavy atom. The van der Waals surface area contributed by atoms with Crippen molar-refractivity contribution in [1.29, 1.82) is 0 Å². The predicted molar refractivity (Wildman–Crippen MR) is 77.1 cm³/mol. The lowest BCUT2D eigenvalue weighted by Gasteiger charge is -2.12. The summed E-state index contributed by atoms with van der Waals surface area (Å²) < 4.78 is 43.2. The molecule has 21 heavy (non-hydrogen) atoms. The van der Waals surface area contributed by atoms with Crippen LogP contribution in [-0.4, -0.2) is 0 Å². The summed E-state index contributed by atoms with van der Waals surface area (Å²) in [6, 6.07) is 10.4. The second-order valence-electron chi connectivity index (χ2n) is 4.97. The van der Waals surface area contributed by atoms with Crippen LogP contribution in [0.25, 0.3) is 0 Å². The quantitative estimate of drug-likeness (QED) is 0.648. The number of hydrogen-bond donors (Lipinski definition) is 0. The number of ether oxygens (including phenoxy) is 1. The van der Waals surface area contributed by atoms with Gasteiger partial charge in [-0.15, -0.1) is 0 Å². The molecule has 0 fully saturated rings. The predicted octanol–water partition coefficient (Wildman–Crippen LogP) is 6.27. The van der Waals surface area contributed by atoms with E-state index in [9.17, 15) is 13.2 Å². The lowest BCUT2D eigenvalue weighted by Crippen LogP contribution is -2.04. The van der Waals surface area contributed by atoms with Crippen molar-refractivity contribution < 1.29 is 17.9 Å². The Morgan fingerprint density at radius 1 is 1.00 bits per heavy atom. The van der Waals surface area contributed by atoms with Gasteiger partial charge in [-0.25, -0.2) is 0 Å². The van der Waals surface area contributed by atoms with Gasteiger partial charge in [0.05, 0.1) is 10.6 Å². The minimum atomic E-state index is -4.42. The average Bonchev–Trinajstić information content (AvgIpc) is 2.40. The molecular formula is C16H14ClF3O. The normalized spacial score (nSPS) is 11.8. The van der Waals surface area contributed by atoms with Crippen molar-refractivity contribution >= 4 is 11.6 Å². The van der Waals surface area contributed by atoms with E-state index in [1.54, 1.807) is 12.1 Å². The van der Waals surface area contributed by atoms with Gasteiger partial charge in [-0.3, -0.25) is 0 Å². The highest BCUT2D eigenvalue weighted by Crippen LogP contribution is 2.36. The van der Waals surface area contributed by atoms with Gasteiger partial charge >= 0.3 is 6.18 Å². The molecule has 0 saturated carbocycles. The summed E-state index contributed by atoms with van der Waals surface area (Å²) in [5.74, 6) is 1.12. The number of hydrogen-bond acceptors (Lipinski definition) is 1. The summed E-state index contributed by atoms with van der Waals surface area (Å²) >= 11 is 5.84.